The standard InChI is InChI=1S/C28H32N4O3/c1-34-20-7-8-21-24(18-31-25(21)17-20)19-10-15-32(16-11-19)14-4-12-30-28(33)23-9-13-29-27-22(23)5-3-6-26(27)35-2/h3,5-9,13,17-19,31H,4,10-12,14-16H2,1-2H3,(H,30,33). The molecule has 0 spiro atoms. The fraction of sp³-hybridized carbons (Fsp3) is 0.357. The number of carbonyl (C=O) groups is 1. The summed E-state index contributed by atoms with van der Waals surface area (Å²) in [5.41, 5.74) is 3.89. The molecule has 35 heavy (non-hydrogen) atoms. The van der Waals surface area contributed by atoms with Gasteiger partial charge in [0.15, 0.2) is 0 Å². The normalized spacial score (nSPS) is 14.9. The molecule has 1 saturated heterocycles. The minimum absolute atomic E-state index is 0.0691. The van der Waals surface area contributed by atoms with Crippen LogP contribution in [0.15, 0.2) is 54.9 Å². The molecule has 0 atom stereocenters. The average molecular weight is 473 g/mol. The number of amides is 1. The molecule has 7 heteroatoms. The van der Waals surface area contributed by atoms with Crippen molar-refractivity contribution in [1.29, 1.82) is 0 Å². The molecule has 3 heterocycles. The van der Waals surface area contributed by atoms with Gasteiger partial charge < -0.3 is 24.7 Å². The number of fused-ring (bicyclic) bond motifs is 2. The third-order valence-corrected chi connectivity index (χ3v) is 7.08. The van der Waals surface area contributed by atoms with E-state index in [-0.39, 0.29) is 5.91 Å². The van der Waals surface area contributed by atoms with E-state index < -0.39 is 0 Å². The number of ether oxygens (including phenoxy) is 2. The first kappa shape index (κ1) is 23.2. The third-order valence-electron chi connectivity index (χ3n) is 7.08. The van der Waals surface area contributed by atoms with Crippen molar-refractivity contribution in [3.63, 3.8) is 0 Å². The Morgan fingerprint density at radius 1 is 1.11 bits per heavy atom. The Labute approximate surface area is 205 Å². The lowest BCUT2D eigenvalue weighted by Crippen LogP contribution is -2.35. The van der Waals surface area contributed by atoms with Crippen molar-refractivity contribution < 1.29 is 14.3 Å². The predicted molar refractivity (Wildman–Crippen MR) is 139 cm³/mol. The number of H-pyrrole nitrogens is 1. The Bertz CT molecular complexity index is 1320. The molecule has 1 amide bonds. The number of pyridine rings is 1. The molecule has 5 rings (SSSR count). The number of aromatic nitrogens is 2. The maximum atomic E-state index is 12.8. The van der Waals surface area contributed by atoms with Crippen molar-refractivity contribution in [1.82, 2.24) is 20.2 Å². The third kappa shape index (κ3) is 4.82. The van der Waals surface area contributed by atoms with Crippen LogP contribution < -0.4 is 14.8 Å². The summed E-state index contributed by atoms with van der Waals surface area (Å²) in [6, 6.07) is 13.7. The monoisotopic (exact) mass is 472 g/mol. The summed E-state index contributed by atoms with van der Waals surface area (Å²) in [4.78, 5) is 23.1. The highest BCUT2D eigenvalue weighted by Crippen LogP contribution is 2.34. The molecule has 0 unspecified atom stereocenters. The average Bonchev–Trinajstić information content (AvgIpc) is 3.33. The van der Waals surface area contributed by atoms with E-state index in [9.17, 15) is 4.79 Å². The van der Waals surface area contributed by atoms with Gasteiger partial charge in [0.05, 0.1) is 19.8 Å². The molecule has 2 N–H and O–H groups in total. The van der Waals surface area contributed by atoms with E-state index in [1.54, 1.807) is 26.5 Å². The molecule has 2 aromatic carbocycles. The molecule has 1 fully saturated rings. The number of para-hydroxylation sites is 1. The van der Waals surface area contributed by atoms with Gasteiger partial charge in [-0.25, -0.2) is 0 Å². The summed E-state index contributed by atoms with van der Waals surface area (Å²) in [6.45, 7) is 3.80. The summed E-state index contributed by atoms with van der Waals surface area (Å²) in [7, 11) is 3.31. The topological polar surface area (TPSA) is 79.5 Å². The molecule has 2 aromatic heterocycles. The van der Waals surface area contributed by atoms with E-state index in [4.69, 9.17) is 9.47 Å². The highest BCUT2D eigenvalue weighted by Gasteiger charge is 2.23. The number of rotatable bonds is 8. The number of nitrogens with zero attached hydrogens (tertiary/aromatic N) is 2. The second-order valence-electron chi connectivity index (χ2n) is 9.10. The Morgan fingerprint density at radius 3 is 2.77 bits per heavy atom. The molecule has 0 bridgehead atoms. The number of benzene rings is 2. The molecule has 4 aromatic rings. The smallest absolute Gasteiger partial charge is 0.252 e. The summed E-state index contributed by atoms with van der Waals surface area (Å²) >= 11 is 0. The minimum Gasteiger partial charge on any atom is -0.497 e. The first-order chi connectivity index (χ1) is 17.2. The zero-order valence-corrected chi connectivity index (χ0v) is 20.3. The van der Waals surface area contributed by atoms with Crippen LogP contribution in [0.2, 0.25) is 0 Å². The van der Waals surface area contributed by atoms with Crippen LogP contribution in [0.1, 0.15) is 41.1 Å². The quantitative estimate of drug-likeness (QED) is 0.363. The van der Waals surface area contributed by atoms with Crippen LogP contribution >= 0.6 is 0 Å². The Balaban J connectivity index is 1.11. The fourth-order valence-electron chi connectivity index (χ4n) is 5.17. The van der Waals surface area contributed by atoms with Crippen molar-refractivity contribution in [2.45, 2.75) is 25.2 Å². The van der Waals surface area contributed by atoms with Crippen LogP contribution in [0.4, 0.5) is 0 Å². The number of likely N-dealkylation sites (tertiary alicyclic amines) is 1. The summed E-state index contributed by atoms with van der Waals surface area (Å²) < 4.78 is 10.7. The van der Waals surface area contributed by atoms with Crippen molar-refractivity contribution in [3.05, 3.63) is 66.0 Å². The largest absolute Gasteiger partial charge is 0.497 e. The Hall–Kier alpha value is -3.58. The second kappa shape index (κ2) is 10.4. The second-order valence-corrected chi connectivity index (χ2v) is 9.10. The number of hydrogen-bond donors (Lipinski definition) is 2. The summed E-state index contributed by atoms with van der Waals surface area (Å²) in [5, 5.41) is 5.19. The molecule has 0 saturated carbocycles. The highest BCUT2D eigenvalue weighted by atomic mass is 16.5. The van der Waals surface area contributed by atoms with E-state index in [1.807, 2.05) is 24.3 Å². The molecule has 1 aliphatic rings. The minimum atomic E-state index is -0.0691. The van der Waals surface area contributed by atoms with Gasteiger partial charge >= 0.3 is 0 Å². The lowest BCUT2D eigenvalue weighted by Gasteiger charge is -2.32. The van der Waals surface area contributed by atoms with Gasteiger partial charge in [-0.05, 0) is 74.6 Å². The molecule has 0 radical (unpaired) electrons. The van der Waals surface area contributed by atoms with Crippen LogP contribution in [-0.2, 0) is 0 Å². The zero-order chi connectivity index (χ0) is 24.2. The highest BCUT2D eigenvalue weighted by molar-refractivity contribution is 6.07. The van der Waals surface area contributed by atoms with Crippen molar-refractivity contribution in [2.24, 2.45) is 0 Å². The van der Waals surface area contributed by atoms with Gasteiger partial charge in [0.2, 0.25) is 0 Å². The van der Waals surface area contributed by atoms with E-state index >= 15 is 0 Å². The van der Waals surface area contributed by atoms with Gasteiger partial charge in [0.1, 0.15) is 17.0 Å². The zero-order valence-electron chi connectivity index (χ0n) is 20.3. The fourth-order valence-corrected chi connectivity index (χ4v) is 5.17. The Kier molecular flexibility index (Phi) is 6.86. The van der Waals surface area contributed by atoms with E-state index in [2.05, 4.69) is 38.5 Å². The number of methoxy groups -OCH3 is 2. The number of piperidine rings is 1. The van der Waals surface area contributed by atoms with Crippen LogP contribution in [0.25, 0.3) is 21.8 Å². The van der Waals surface area contributed by atoms with Gasteiger partial charge in [0, 0.05) is 41.3 Å². The SMILES string of the molecule is COc1ccc2c(C3CCN(CCCNC(=O)c4ccnc5c(OC)cccc45)CC3)c[nH]c2c1. The Morgan fingerprint density at radius 2 is 1.97 bits per heavy atom. The first-order valence-corrected chi connectivity index (χ1v) is 12.2. The van der Waals surface area contributed by atoms with Gasteiger partial charge in [-0.1, -0.05) is 12.1 Å². The van der Waals surface area contributed by atoms with Gasteiger partial charge in [-0.15, -0.1) is 0 Å². The number of aromatic amines is 1. The molecule has 0 aliphatic carbocycles. The molecular weight excluding hydrogens is 440 g/mol. The maximum Gasteiger partial charge on any atom is 0.252 e. The first-order valence-electron chi connectivity index (χ1n) is 12.2. The van der Waals surface area contributed by atoms with Crippen molar-refractivity contribution in [3.8, 4) is 11.5 Å². The van der Waals surface area contributed by atoms with E-state index in [1.165, 1.54) is 10.9 Å². The van der Waals surface area contributed by atoms with Crippen LogP contribution in [0.5, 0.6) is 11.5 Å². The van der Waals surface area contributed by atoms with Crippen LogP contribution in [0.3, 0.4) is 0 Å². The van der Waals surface area contributed by atoms with Gasteiger partial charge in [-0.3, -0.25) is 9.78 Å². The lowest BCUT2D eigenvalue weighted by atomic mass is 9.89. The van der Waals surface area contributed by atoms with E-state index in [0.29, 0.717) is 29.3 Å². The number of nitrogens with one attached hydrogen (secondary N) is 2. The van der Waals surface area contributed by atoms with Crippen LogP contribution in [-0.4, -0.2) is 61.2 Å². The van der Waals surface area contributed by atoms with Crippen molar-refractivity contribution >= 4 is 27.7 Å². The van der Waals surface area contributed by atoms with Crippen LogP contribution in [0, 0.1) is 0 Å². The maximum absolute atomic E-state index is 12.8. The number of hydrogen-bond acceptors (Lipinski definition) is 5. The van der Waals surface area contributed by atoms with Gasteiger partial charge in [0.25, 0.3) is 5.91 Å². The summed E-state index contributed by atoms with van der Waals surface area (Å²) in [6.07, 6.45) is 7.05. The molecular formula is C28H32N4O3. The summed E-state index contributed by atoms with van der Waals surface area (Å²) in [5.74, 6) is 2.06. The van der Waals surface area contributed by atoms with Gasteiger partial charge in [-0.2, -0.15) is 0 Å². The lowest BCUT2D eigenvalue weighted by molar-refractivity contribution is 0.0952. The predicted octanol–water partition coefficient (Wildman–Crippen LogP) is 4.73. The van der Waals surface area contributed by atoms with E-state index in [0.717, 1.165) is 55.5 Å². The molecule has 1 aliphatic heterocycles. The molecule has 7 nitrogen and oxygen atoms in total. The van der Waals surface area contributed by atoms with Crippen molar-refractivity contribution in [2.75, 3.05) is 40.4 Å². The molecule has 182 valence electrons. The number of carbonyl (C=O) groups excluding carboxylic acids is 1.